The van der Waals surface area contributed by atoms with E-state index in [0.717, 1.165) is 48.9 Å². The molecule has 7 rings (SSSR count). The van der Waals surface area contributed by atoms with E-state index in [1.807, 2.05) is 17.0 Å². The lowest BCUT2D eigenvalue weighted by molar-refractivity contribution is -0.136. The van der Waals surface area contributed by atoms with E-state index in [0.29, 0.717) is 29.4 Å². The number of fused-ring (bicyclic) bond motifs is 2. The Morgan fingerprint density at radius 1 is 0.881 bits per heavy atom. The molecule has 0 radical (unpaired) electrons. The van der Waals surface area contributed by atoms with Gasteiger partial charge >= 0.3 is 0 Å². The van der Waals surface area contributed by atoms with Crippen molar-refractivity contribution in [1.82, 2.24) is 20.0 Å². The van der Waals surface area contributed by atoms with Crippen molar-refractivity contribution in [3.8, 4) is 11.1 Å². The van der Waals surface area contributed by atoms with E-state index in [9.17, 15) is 19.2 Å². The lowest BCUT2D eigenvalue weighted by atomic mass is 9.99. The molecule has 0 spiro atoms. The van der Waals surface area contributed by atoms with Gasteiger partial charge in [0.2, 0.25) is 11.8 Å². The number of halogens is 1. The van der Waals surface area contributed by atoms with Crippen LogP contribution in [0.15, 0.2) is 66.7 Å². The minimum Gasteiger partial charge on any atom is -0.338 e. The van der Waals surface area contributed by atoms with E-state index in [2.05, 4.69) is 46.6 Å². The summed E-state index contributed by atoms with van der Waals surface area (Å²) in [6.07, 6.45) is 0.528. The number of benzene rings is 3. The van der Waals surface area contributed by atoms with Crippen molar-refractivity contribution >= 4 is 35.2 Å². The summed E-state index contributed by atoms with van der Waals surface area (Å²) in [6, 6.07) is 21.0. The predicted octanol–water partition coefficient (Wildman–Crippen LogP) is 3.97. The number of hydrogen-bond acceptors (Lipinski definition) is 5. The molecule has 214 valence electrons. The van der Waals surface area contributed by atoms with E-state index in [-0.39, 0.29) is 30.7 Å². The Hall–Kier alpha value is -4.01. The van der Waals surface area contributed by atoms with Gasteiger partial charge in [-0.25, -0.2) is 0 Å². The van der Waals surface area contributed by atoms with Gasteiger partial charge in [0.05, 0.1) is 0 Å². The molecule has 3 fully saturated rings. The predicted molar refractivity (Wildman–Crippen MR) is 158 cm³/mol. The van der Waals surface area contributed by atoms with Crippen molar-refractivity contribution < 1.29 is 19.2 Å². The number of nitrogens with zero attached hydrogens (tertiary/aromatic N) is 3. The first-order valence-corrected chi connectivity index (χ1v) is 14.8. The maximum absolute atomic E-state index is 13.5. The van der Waals surface area contributed by atoms with Gasteiger partial charge in [-0.1, -0.05) is 48.0 Å². The smallest absolute Gasteiger partial charge is 0.255 e. The third-order valence-electron chi connectivity index (χ3n) is 9.19. The fraction of sp³-hybridized carbons (Fsp3) is 0.333. The molecule has 0 aromatic heterocycles. The van der Waals surface area contributed by atoms with Gasteiger partial charge in [-0.2, -0.15) is 0 Å². The van der Waals surface area contributed by atoms with Crippen molar-refractivity contribution in [1.29, 1.82) is 0 Å². The molecule has 4 aliphatic rings. The van der Waals surface area contributed by atoms with E-state index in [1.54, 1.807) is 18.2 Å². The van der Waals surface area contributed by atoms with E-state index < -0.39 is 11.9 Å². The van der Waals surface area contributed by atoms with Crippen LogP contribution >= 0.6 is 11.6 Å². The molecule has 3 saturated heterocycles. The number of nitrogens with one attached hydrogen (secondary N) is 1. The van der Waals surface area contributed by atoms with Gasteiger partial charge in [0.15, 0.2) is 0 Å². The Labute approximate surface area is 249 Å². The summed E-state index contributed by atoms with van der Waals surface area (Å²) in [4.78, 5) is 56.4. The maximum atomic E-state index is 13.5. The molecule has 4 heterocycles. The van der Waals surface area contributed by atoms with Crippen molar-refractivity contribution in [3.05, 3.63) is 94.0 Å². The van der Waals surface area contributed by atoms with Crippen molar-refractivity contribution in [2.45, 2.75) is 32.0 Å². The lowest BCUT2D eigenvalue weighted by Crippen LogP contribution is -2.52. The van der Waals surface area contributed by atoms with Gasteiger partial charge in [0.1, 0.15) is 6.04 Å². The fourth-order valence-corrected chi connectivity index (χ4v) is 7.21. The Morgan fingerprint density at radius 3 is 2.36 bits per heavy atom. The van der Waals surface area contributed by atoms with Crippen LogP contribution in [0, 0.1) is 11.8 Å². The van der Waals surface area contributed by atoms with Crippen LogP contribution in [0.2, 0.25) is 5.02 Å². The van der Waals surface area contributed by atoms with Crippen LogP contribution in [0.25, 0.3) is 11.1 Å². The lowest BCUT2D eigenvalue weighted by Gasteiger charge is -2.29. The Bertz CT molecular complexity index is 1590. The number of carbonyl (C=O) groups excluding carboxylic acids is 4. The van der Waals surface area contributed by atoms with Crippen LogP contribution < -0.4 is 5.32 Å². The summed E-state index contributed by atoms with van der Waals surface area (Å²) in [5.41, 5.74) is 5.49. The second-order valence-corrected chi connectivity index (χ2v) is 12.3. The van der Waals surface area contributed by atoms with Gasteiger partial charge < -0.3 is 9.80 Å². The average molecular weight is 583 g/mol. The minimum atomic E-state index is -0.666. The van der Waals surface area contributed by atoms with Gasteiger partial charge in [-0.3, -0.25) is 29.4 Å². The first-order chi connectivity index (χ1) is 20.3. The summed E-state index contributed by atoms with van der Waals surface area (Å²) in [5, 5.41) is 3.05. The highest BCUT2D eigenvalue weighted by molar-refractivity contribution is 6.30. The number of likely N-dealkylation sites (tertiary alicyclic amines) is 2. The van der Waals surface area contributed by atoms with Crippen LogP contribution in [-0.4, -0.2) is 70.5 Å². The molecule has 8 nitrogen and oxygen atoms in total. The summed E-state index contributed by atoms with van der Waals surface area (Å²) < 4.78 is 0. The molecule has 3 aromatic carbocycles. The first-order valence-electron chi connectivity index (χ1n) is 14.5. The number of imide groups is 1. The normalized spacial score (nSPS) is 23.7. The third kappa shape index (κ3) is 4.88. The molecule has 0 aliphatic carbocycles. The first kappa shape index (κ1) is 26.9. The molecule has 9 heteroatoms. The average Bonchev–Trinajstić information content (AvgIpc) is 3.65. The van der Waals surface area contributed by atoms with Crippen molar-refractivity contribution in [3.63, 3.8) is 0 Å². The molecule has 3 unspecified atom stereocenters. The van der Waals surface area contributed by atoms with Gasteiger partial charge in [-0.15, -0.1) is 0 Å². The molecular formula is C33H31ClN4O4. The zero-order chi connectivity index (χ0) is 29.0. The molecule has 0 bridgehead atoms. The second kappa shape index (κ2) is 10.7. The quantitative estimate of drug-likeness (QED) is 0.460. The molecule has 0 saturated carbocycles. The zero-order valence-corrected chi connectivity index (χ0v) is 23.8. The molecule has 4 aliphatic heterocycles. The Kier molecular flexibility index (Phi) is 6.83. The van der Waals surface area contributed by atoms with Gasteiger partial charge in [0, 0.05) is 61.8 Å². The molecule has 3 aromatic rings. The highest BCUT2D eigenvalue weighted by Gasteiger charge is 2.43. The van der Waals surface area contributed by atoms with E-state index in [1.165, 1.54) is 16.0 Å². The molecule has 4 amide bonds. The summed E-state index contributed by atoms with van der Waals surface area (Å²) in [6.45, 7) is 4.46. The van der Waals surface area contributed by atoms with Crippen LogP contribution in [-0.2, 0) is 22.7 Å². The monoisotopic (exact) mass is 582 g/mol. The van der Waals surface area contributed by atoms with Crippen molar-refractivity contribution in [2.24, 2.45) is 11.8 Å². The molecule has 3 atom stereocenters. The number of hydrogen-bond donors (Lipinski definition) is 1. The van der Waals surface area contributed by atoms with Crippen LogP contribution in [0.4, 0.5) is 0 Å². The van der Waals surface area contributed by atoms with Gasteiger partial charge in [-0.05, 0) is 70.8 Å². The SMILES string of the molecule is O=C1CCC(N2Cc3cc(C(=O)N4CC5CN(Cc6ccccc6-c6ccc(Cl)cc6)CC5C4)ccc3C2=O)C(=O)N1. The number of rotatable bonds is 5. The largest absolute Gasteiger partial charge is 0.338 e. The van der Waals surface area contributed by atoms with Gasteiger partial charge in [0.25, 0.3) is 11.8 Å². The highest BCUT2D eigenvalue weighted by Crippen LogP contribution is 2.35. The van der Waals surface area contributed by atoms with E-state index >= 15 is 0 Å². The standard InChI is InChI=1S/C33H31ClN4O4/c34-26-8-5-20(6-9-26)27-4-2-1-3-22(27)14-36-15-24-17-37(18-25(24)16-36)32(41)21-7-10-28-23(13-21)19-38(33(28)42)29-11-12-30(39)35-31(29)40/h1-10,13,24-25,29H,11-12,14-19H2,(H,35,39,40). The summed E-state index contributed by atoms with van der Waals surface area (Å²) >= 11 is 6.10. The fourth-order valence-electron chi connectivity index (χ4n) is 7.09. The number of amides is 4. The summed E-state index contributed by atoms with van der Waals surface area (Å²) in [7, 11) is 0. The third-order valence-corrected chi connectivity index (χ3v) is 9.44. The topological polar surface area (TPSA) is 90.0 Å². The van der Waals surface area contributed by atoms with Crippen LogP contribution in [0.1, 0.15) is 44.7 Å². The zero-order valence-electron chi connectivity index (χ0n) is 23.1. The van der Waals surface area contributed by atoms with E-state index in [4.69, 9.17) is 11.6 Å². The summed E-state index contributed by atoms with van der Waals surface area (Å²) in [5.74, 6) is -0.138. The molecule has 1 N–H and O–H groups in total. The van der Waals surface area contributed by atoms with Crippen LogP contribution in [0.5, 0.6) is 0 Å². The van der Waals surface area contributed by atoms with Crippen LogP contribution in [0.3, 0.4) is 0 Å². The maximum Gasteiger partial charge on any atom is 0.255 e. The second-order valence-electron chi connectivity index (χ2n) is 11.9. The number of carbonyl (C=O) groups is 4. The number of piperidine rings is 1. The molecule has 42 heavy (non-hydrogen) atoms. The highest BCUT2D eigenvalue weighted by atomic mass is 35.5. The minimum absolute atomic E-state index is 0.0151. The molecular weight excluding hydrogens is 552 g/mol. The Morgan fingerprint density at radius 2 is 1.62 bits per heavy atom. The van der Waals surface area contributed by atoms with Crippen molar-refractivity contribution in [2.75, 3.05) is 26.2 Å². The Balaban J connectivity index is 0.989.